The van der Waals surface area contributed by atoms with Crippen LogP contribution in [0.5, 0.6) is 5.75 Å². The third-order valence-electron chi connectivity index (χ3n) is 5.28. The van der Waals surface area contributed by atoms with Crippen molar-refractivity contribution in [2.24, 2.45) is 0 Å². The van der Waals surface area contributed by atoms with Crippen LogP contribution in [0.4, 0.5) is 0 Å². The van der Waals surface area contributed by atoms with Gasteiger partial charge in [-0.25, -0.2) is 8.42 Å². The van der Waals surface area contributed by atoms with Crippen molar-refractivity contribution in [2.45, 2.75) is 37.2 Å². The number of hydrogen-bond donors (Lipinski definition) is 2. The SMILES string of the molecule is COc1ccc(S(=O)(=O)N[C@@H](Cc2ccccc2)C(=O)N[C@H](C)c2cccc(Br)c2)cc1C. The van der Waals surface area contributed by atoms with Gasteiger partial charge in [-0.3, -0.25) is 4.79 Å². The zero-order chi connectivity index (χ0) is 24.0. The fraction of sp³-hybridized carbons (Fsp3) is 0.240. The van der Waals surface area contributed by atoms with Gasteiger partial charge in [-0.1, -0.05) is 58.4 Å². The molecule has 0 aromatic heterocycles. The highest BCUT2D eigenvalue weighted by Crippen LogP contribution is 2.22. The van der Waals surface area contributed by atoms with Crippen LogP contribution in [0.15, 0.2) is 82.2 Å². The van der Waals surface area contributed by atoms with Crippen molar-refractivity contribution >= 4 is 31.9 Å². The average Bonchev–Trinajstić information content (AvgIpc) is 2.79. The molecule has 1 amide bonds. The Morgan fingerprint density at radius 1 is 1.03 bits per heavy atom. The number of sulfonamides is 1. The van der Waals surface area contributed by atoms with Crippen LogP contribution in [0.3, 0.4) is 0 Å². The van der Waals surface area contributed by atoms with E-state index in [9.17, 15) is 13.2 Å². The van der Waals surface area contributed by atoms with Gasteiger partial charge in [0.2, 0.25) is 15.9 Å². The summed E-state index contributed by atoms with van der Waals surface area (Å²) in [5.41, 5.74) is 2.44. The molecule has 3 aromatic carbocycles. The first-order chi connectivity index (χ1) is 15.7. The van der Waals surface area contributed by atoms with Gasteiger partial charge < -0.3 is 10.1 Å². The highest BCUT2D eigenvalue weighted by atomic mass is 79.9. The number of carbonyl (C=O) groups is 1. The number of ether oxygens (including phenoxy) is 1. The smallest absolute Gasteiger partial charge is 0.241 e. The van der Waals surface area contributed by atoms with Gasteiger partial charge in [-0.2, -0.15) is 4.72 Å². The normalized spacial score (nSPS) is 13.2. The minimum Gasteiger partial charge on any atom is -0.496 e. The Hall–Kier alpha value is -2.68. The summed E-state index contributed by atoms with van der Waals surface area (Å²) >= 11 is 3.44. The molecular formula is C25H27BrN2O4S. The maximum absolute atomic E-state index is 13.2. The Kier molecular flexibility index (Phi) is 8.29. The van der Waals surface area contributed by atoms with E-state index in [-0.39, 0.29) is 17.4 Å². The Morgan fingerprint density at radius 3 is 2.39 bits per heavy atom. The van der Waals surface area contributed by atoms with Crippen molar-refractivity contribution in [3.8, 4) is 5.75 Å². The van der Waals surface area contributed by atoms with Gasteiger partial charge in [0, 0.05) is 4.47 Å². The summed E-state index contributed by atoms with van der Waals surface area (Å²) in [6, 6.07) is 20.2. The molecule has 0 bridgehead atoms. The highest BCUT2D eigenvalue weighted by molar-refractivity contribution is 9.10. The number of nitrogens with one attached hydrogen (secondary N) is 2. The fourth-order valence-corrected chi connectivity index (χ4v) is 5.18. The molecule has 33 heavy (non-hydrogen) atoms. The lowest BCUT2D eigenvalue weighted by Crippen LogP contribution is -2.48. The lowest BCUT2D eigenvalue weighted by atomic mass is 10.0. The average molecular weight is 531 g/mol. The quantitative estimate of drug-likeness (QED) is 0.425. The third-order valence-corrected chi connectivity index (χ3v) is 7.24. The Morgan fingerprint density at radius 2 is 1.76 bits per heavy atom. The Labute approximate surface area is 203 Å². The first-order valence-corrected chi connectivity index (χ1v) is 12.7. The van der Waals surface area contributed by atoms with Crippen LogP contribution >= 0.6 is 15.9 Å². The Balaban J connectivity index is 1.85. The van der Waals surface area contributed by atoms with Crippen molar-refractivity contribution in [1.29, 1.82) is 0 Å². The minimum atomic E-state index is -3.95. The van der Waals surface area contributed by atoms with Crippen LogP contribution in [0.25, 0.3) is 0 Å². The second kappa shape index (κ2) is 11.0. The first kappa shape index (κ1) is 25.0. The lowest BCUT2D eigenvalue weighted by molar-refractivity contribution is -0.123. The maximum Gasteiger partial charge on any atom is 0.241 e. The minimum absolute atomic E-state index is 0.0756. The largest absolute Gasteiger partial charge is 0.496 e. The third kappa shape index (κ3) is 6.66. The topological polar surface area (TPSA) is 84.5 Å². The van der Waals surface area contributed by atoms with Crippen LogP contribution < -0.4 is 14.8 Å². The van der Waals surface area contributed by atoms with E-state index in [1.807, 2.05) is 61.5 Å². The number of amides is 1. The van der Waals surface area contributed by atoms with E-state index < -0.39 is 22.0 Å². The number of aryl methyl sites for hydroxylation is 1. The van der Waals surface area contributed by atoms with E-state index in [0.29, 0.717) is 11.3 Å². The van der Waals surface area contributed by atoms with Gasteiger partial charge in [-0.15, -0.1) is 0 Å². The zero-order valence-corrected chi connectivity index (χ0v) is 21.1. The molecule has 0 aliphatic heterocycles. The maximum atomic E-state index is 13.2. The monoisotopic (exact) mass is 530 g/mol. The molecule has 0 saturated carbocycles. The predicted molar refractivity (Wildman–Crippen MR) is 133 cm³/mol. The molecule has 2 N–H and O–H groups in total. The molecule has 0 spiro atoms. The van der Waals surface area contributed by atoms with E-state index >= 15 is 0 Å². The van der Waals surface area contributed by atoms with Crippen molar-refractivity contribution in [1.82, 2.24) is 10.0 Å². The summed E-state index contributed by atoms with van der Waals surface area (Å²) in [4.78, 5) is 13.3. The van der Waals surface area contributed by atoms with E-state index in [0.717, 1.165) is 15.6 Å². The van der Waals surface area contributed by atoms with Gasteiger partial charge in [0.05, 0.1) is 18.0 Å². The summed E-state index contributed by atoms with van der Waals surface area (Å²) in [5.74, 6) is 0.190. The molecule has 0 aliphatic rings. The number of halogens is 1. The molecule has 8 heteroatoms. The van der Waals surface area contributed by atoms with Gasteiger partial charge in [0.1, 0.15) is 11.8 Å². The number of methoxy groups -OCH3 is 1. The molecule has 0 radical (unpaired) electrons. The van der Waals surface area contributed by atoms with Crippen molar-refractivity contribution < 1.29 is 17.9 Å². The molecule has 0 fully saturated rings. The molecule has 6 nitrogen and oxygen atoms in total. The molecule has 0 heterocycles. The molecule has 174 valence electrons. The van der Waals surface area contributed by atoms with E-state index in [1.165, 1.54) is 19.2 Å². The number of hydrogen-bond acceptors (Lipinski definition) is 4. The summed E-state index contributed by atoms with van der Waals surface area (Å²) in [6.45, 7) is 3.63. The molecule has 3 rings (SSSR count). The molecule has 0 unspecified atom stereocenters. The van der Waals surface area contributed by atoms with E-state index in [1.54, 1.807) is 13.0 Å². The van der Waals surface area contributed by atoms with Crippen LogP contribution in [-0.2, 0) is 21.2 Å². The summed E-state index contributed by atoms with van der Waals surface area (Å²) in [6.07, 6.45) is 0.215. The van der Waals surface area contributed by atoms with Crippen molar-refractivity contribution in [3.63, 3.8) is 0 Å². The van der Waals surface area contributed by atoms with Crippen LogP contribution in [0.1, 0.15) is 29.7 Å². The summed E-state index contributed by atoms with van der Waals surface area (Å²) in [5, 5.41) is 2.94. The standard InChI is InChI=1S/C25H27BrN2O4S/c1-17-14-22(12-13-24(17)32-3)33(30,31)28-23(15-19-8-5-4-6-9-19)25(29)27-18(2)20-10-7-11-21(26)16-20/h4-14,16,18,23,28H,15H2,1-3H3,(H,27,29)/t18-,23+/m1/s1. The van der Waals surface area contributed by atoms with Crippen LogP contribution in [-0.4, -0.2) is 27.5 Å². The van der Waals surface area contributed by atoms with Gasteiger partial charge in [0.25, 0.3) is 0 Å². The summed E-state index contributed by atoms with van der Waals surface area (Å²) in [7, 11) is -2.42. The molecular weight excluding hydrogens is 504 g/mol. The van der Waals surface area contributed by atoms with Crippen molar-refractivity contribution in [2.75, 3.05) is 7.11 Å². The van der Waals surface area contributed by atoms with Crippen LogP contribution in [0, 0.1) is 6.92 Å². The summed E-state index contributed by atoms with van der Waals surface area (Å²) < 4.78 is 35.0. The molecule has 0 aliphatic carbocycles. The molecule has 3 aromatic rings. The van der Waals surface area contributed by atoms with Gasteiger partial charge >= 0.3 is 0 Å². The van der Waals surface area contributed by atoms with Gasteiger partial charge in [0.15, 0.2) is 0 Å². The zero-order valence-electron chi connectivity index (χ0n) is 18.7. The number of rotatable bonds is 9. The lowest BCUT2D eigenvalue weighted by Gasteiger charge is -2.22. The predicted octanol–water partition coefficient (Wildman–Crippen LogP) is 4.53. The highest BCUT2D eigenvalue weighted by Gasteiger charge is 2.27. The number of benzene rings is 3. The first-order valence-electron chi connectivity index (χ1n) is 10.5. The number of carbonyl (C=O) groups excluding carboxylic acids is 1. The molecule has 0 saturated heterocycles. The fourth-order valence-electron chi connectivity index (χ4n) is 3.48. The van der Waals surface area contributed by atoms with Crippen LogP contribution in [0.2, 0.25) is 0 Å². The molecule has 2 atom stereocenters. The second-order valence-electron chi connectivity index (χ2n) is 7.78. The van der Waals surface area contributed by atoms with Crippen molar-refractivity contribution in [3.05, 3.63) is 94.0 Å². The van der Waals surface area contributed by atoms with E-state index in [2.05, 4.69) is 26.0 Å². The second-order valence-corrected chi connectivity index (χ2v) is 10.4. The van der Waals surface area contributed by atoms with E-state index in [4.69, 9.17) is 4.74 Å². The van der Waals surface area contributed by atoms with Gasteiger partial charge in [-0.05, 0) is 67.3 Å². The Bertz CT molecular complexity index is 1220.